The fourth-order valence-corrected chi connectivity index (χ4v) is 2.43. The van der Waals surface area contributed by atoms with E-state index in [2.05, 4.69) is 4.74 Å². The third-order valence-corrected chi connectivity index (χ3v) is 3.60. The van der Waals surface area contributed by atoms with Gasteiger partial charge >= 0.3 is 5.97 Å². The zero-order valence-corrected chi connectivity index (χ0v) is 12.2. The zero-order chi connectivity index (χ0) is 15.2. The van der Waals surface area contributed by atoms with Crippen molar-refractivity contribution in [3.8, 4) is 0 Å². The fourth-order valence-electron chi connectivity index (χ4n) is 1.89. The topological polar surface area (TPSA) is 69.7 Å². The van der Waals surface area contributed by atoms with Gasteiger partial charge in [0.1, 0.15) is 0 Å². The van der Waals surface area contributed by atoms with Gasteiger partial charge in [0.25, 0.3) is 0 Å². The van der Waals surface area contributed by atoms with Crippen LogP contribution in [0.3, 0.4) is 0 Å². The summed E-state index contributed by atoms with van der Waals surface area (Å²) in [4.78, 5) is 11.5. The van der Waals surface area contributed by atoms with E-state index in [4.69, 9.17) is 0 Å². The molecule has 2 aromatic carbocycles. The van der Waals surface area contributed by atoms with Gasteiger partial charge in [0, 0.05) is 17.0 Å². The van der Waals surface area contributed by atoms with E-state index in [-0.39, 0.29) is 6.54 Å². The number of methoxy groups -OCH3 is 1. The van der Waals surface area contributed by atoms with Crippen molar-refractivity contribution in [1.82, 2.24) is 0 Å². The van der Waals surface area contributed by atoms with Crippen molar-refractivity contribution in [3.63, 3.8) is 0 Å². The minimum atomic E-state index is -2.45. The van der Waals surface area contributed by atoms with E-state index in [0.29, 0.717) is 11.3 Å². The Morgan fingerprint density at radius 2 is 1.90 bits per heavy atom. The lowest BCUT2D eigenvalue weighted by atomic mass is 10.2. The lowest BCUT2D eigenvalue weighted by Crippen LogP contribution is -2.25. The second-order valence-corrected chi connectivity index (χ2v) is 5.16. The van der Waals surface area contributed by atoms with Gasteiger partial charge in [-0.1, -0.05) is 36.4 Å². The minimum absolute atomic E-state index is 0.196. The SMILES string of the molecule is COC(=O)c1cccc(N(Cc2ccccc2)S(=O)[O-])c1. The highest BCUT2D eigenvalue weighted by Crippen LogP contribution is 2.20. The van der Waals surface area contributed by atoms with Gasteiger partial charge in [-0.25, -0.2) is 4.79 Å². The van der Waals surface area contributed by atoms with Gasteiger partial charge in [-0.05, 0) is 23.8 Å². The van der Waals surface area contributed by atoms with E-state index in [1.165, 1.54) is 17.5 Å². The maximum Gasteiger partial charge on any atom is 0.337 e. The Kier molecular flexibility index (Phi) is 5.08. The van der Waals surface area contributed by atoms with Crippen LogP contribution in [-0.2, 0) is 22.5 Å². The number of ether oxygens (including phenoxy) is 1. The summed E-state index contributed by atoms with van der Waals surface area (Å²) in [7, 11) is 1.28. The number of esters is 1. The van der Waals surface area contributed by atoms with Gasteiger partial charge < -0.3 is 9.29 Å². The number of benzene rings is 2. The summed E-state index contributed by atoms with van der Waals surface area (Å²) in [5.74, 6) is -0.506. The van der Waals surface area contributed by atoms with Gasteiger partial charge in [-0.15, -0.1) is 0 Å². The highest BCUT2D eigenvalue weighted by molar-refractivity contribution is 7.80. The summed E-state index contributed by atoms with van der Waals surface area (Å²) in [6.45, 7) is 0.196. The quantitative estimate of drug-likeness (QED) is 0.627. The van der Waals surface area contributed by atoms with Gasteiger partial charge in [0.15, 0.2) is 0 Å². The fraction of sp³-hybridized carbons (Fsp3) is 0.133. The van der Waals surface area contributed by atoms with Crippen molar-refractivity contribution in [1.29, 1.82) is 0 Å². The molecule has 0 aliphatic heterocycles. The predicted molar refractivity (Wildman–Crippen MR) is 79.3 cm³/mol. The highest BCUT2D eigenvalue weighted by atomic mass is 32.2. The standard InChI is InChI=1S/C15H15NO4S/c1-20-15(17)13-8-5-9-14(10-13)16(21(18)19)11-12-6-3-2-4-7-12/h2-10H,11H2,1H3,(H,18,19)/p-1. The third kappa shape index (κ3) is 3.90. The second kappa shape index (κ2) is 7.01. The molecule has 6 heteroatoms. The first-order valence-electron chi connectivity index (χ1n) is 6.21. The summed E-state index contributed by atoms with van der Waals surface area (Å²) in [6, 6.07) is 15.5. The molecule has 0 aliphatic carbocycles. The van der Waals surface area contributed by atoms with Crippen LogP contribution in [0.2, 0.25) is 0 Å². The molecule has 0 aromatic heterocycles. The molecule has 0 heterocycles. The molecule has 0 N–H and O–H groups in total. The molecule has 1 atom stereocenters. The molecular weight excluding hydrogens is 290 g/mol. The molecule has 0 amide bonds. The van der Waals surface area contributed by atoms with Crippen LogP contribution in [0.1, 0.15) is 15.9 Å². The first-order valence-corrected chi connectivity index (χ1v) is 7.24. The summed E-state index contributed by atoms with van der Waals surface area (Å²) in [5.41, 5.74) is 1.57. The Morgan fingerprint density at radius 3 is 2.52 bits per heavy atom. The Morgan fingerprint density at radius 1 is 1.19 bits per heavy atom. The summed E-state index contributed by atoms with van der Waals surface area (Å²) in [5, 5.41) is 0. The van der Waals surface area contributed by atoms with Crippen LogP contribution in [-0.4, -0.2) is 21.8 Å². The molecule has 0 fully saturated rings. The summed E-state index contributed by atoms with van der Waals surface area (Å²) in [6.07, 6.45) is 0. The van der Waals surface area contributed by atoms with Crippen LogP contribution < -0.4 is 4.31 Å². The molecule has 21 heavy (non-hydrogen) atoms. The maximum absolute atomic E-state index is 11.5. The average Bonchev–Trinajstić information content (AvgIpc) is 2.52. The molecular formula is C15H14NO4S-. The average molecular weight is 304 g/mol. The first-order chi connectivity index (χ1) is 10.1. The highest BCUT2D eigenvalue weighted by Gasteiger charge is 2.12. The van der Waals surface area contributed by atoms with E-state index in [1.807, 2.05) is 30.3 Å². The molecule has 0 spiro atoms. The maximum atomic E-state index is 11.5. The Balaban J connectivity index is 2.30. The molecule has 0 aliphatic rings. The molecule has 2 aromatic rings. The molecule has 0 saturated carbocycles. The molecule has 110 valence electrons. The number of nitrogens with zero attached hydrogens (tertiary/aromatic N) is 1. The van der Waals surface area contributed by atoms with Crippen molar-refractivity contribution in [3.05, 3.63) is 65.7 Å². The van der Waals surface area contributed by atoms with E-state index in [0.717, 1.165) is 5.56 Å². The molecule has 0 radical (unpaired) electrons. The number of hydrogen-bond acceptors (Lipinski definition) is 4. The first kappa shape index (κ1) is 15.2. The van der Waals surface area contributed by atoms with Crippen LogP contribution in [0.15, 0.2) is 54.6 Å². The van der Waals surface area contributed by atoms with E-state index in [9.17, 15) is 13.6 Å². The third-order valence-electron chi connectivity index (χ3n) is 2.90. The van der Waals surface area contributed by atoms with E-state index < -0.39 is 17.2 Å². The monoisotopic (exact) mass is 304 g/mol. The van der Waals surface area contributed by atoms with Crippen molar-refractivity contribution < 1.29 is 18.3 Å². The van der Waals surface area contributed by atoms with Crippen molar-refractivity contribution in [2.75, 3.05) is 11.4 Å². The minimum Gasteiger partial charge on any atom is -0.755 e. The van der Waals surface area contributed by atoms with Crippen molar-refractivity contribution in [2.45, 2.75) is 6.54 Å². The normalized spacial score (nSPS) is 11.7. The number of anilines is 1. The number of rotatable bonds is 5. The van der Waals surface area contributed by atoms with E-state index in [1.54, 1.807) is 18.2 Å². The smallest absolute Gasteiger partial charge is 0.337 e. The van der Waals surface area contributed by atoms with E-state index >= 15 is 0 Å². The number of carbonyl (C=O) groups is 1. The largest absolute Gasteiger partial charge is 0.755 e. The number of carbonyl (C=O) groups excluding carboxylic acids is 1. The lowest BCUT2D eigenvalue weighted by molar-refractivity contribution is 0.0600. The van der Waals surface area contributed by atoms with Crippen LogP contribution in [0.25, 0.3) is 0 Å². The van der Waals surface area contributed by atoms with Crippen LogP contribution in [0, 0.1) is 0 Å². The number of hydrogen-bond donors (Lipinski definition) is 0. The van der Waals surface area contributed by atoms with Crippen LogP contribution >= 0.6 is 0 Å². The predicted octanol–water partition coefficient (Wildman–Crippen LogP) is 2.27. The molecule has 2 rings (SSSR count). The van der Waals surface area contributed by atoms with Gasteiger partial charge in [-0.2, -0.15) is 0 Å². The second-order valence-electron chi connectivity index (χ2n) is 4.28. The Hall–Kier alpha value is -2.18. The molecule has 1 unspecified atom stereocenters. The zero-order valence-electron chi connectivity index (χ0n) is 11.4. The van der Waals surface area contributed by atoms with Gasteiger partial charge in [-0.3, -0.25) is 8.51 Å². The molecule has 0 bridgehead atoms. The summed E-state index contributed by atoms with van der Waals surface area (Å²) >= 11 is -2.45. The Labute approximate surface area is 125 Å². The van der Waals surface area contributed by atoms with Crippen molar-refractivity contribution in [2.24, 2.45) is 0 Å². The van der Waals surface area contributed by atoms with Crippen LogP contribution in [0.5, 0.6) is 0 Å². The van der Waals surface area contributed by atoms with Gasteiger partial charge in [0.05, 0.1) is 19.2 Å². The summed E-state index contributed by atoms with van der Waals surface area (Å²) < 4.78 is 28.8. The Bertz CT molecular complexity index is 645. The van der Waals surface area contributed by atoms with Crippen LogP contribution in [0.4, 0.5) is 5.69 Å². The van der Waals surface area contributed by atoms with Crippen molar-refractivity contribution >= 4 is 22.9 Å². The molecule has 0 saturated heterocycles. The van der Waals surface area contributed by atoms with Gasteiger partial charge in [0.2, 0.25) is 0 Å². The lowest BCUT2D eigenvalue weighted by Gasteiger charge is -2.26. The molecule has 5 nitrogen and oxygen atoms in total.